The normalized spacial score (nSPS) is 18.5. The monoisotopic (exact) mass is 470 g/mol. The summed E-state index contributed by atoms with van der Waals surface area (Å²) in [7, 11) is 0. The number of carbonyl (C=O) groups excluding carboxylic acids is 2. The fraction of sp³-hybridized carbons (Fsp3) is 0.345. The number of anilines is 1. The third-order valence-corrected chi connectivity index (χ3v) is 6.68. The van der Waals surface area contributed by atoms with Crippen molar-refractivity contribution in [2.45, 2.75) is 64.5 Å². The van der Waals surface area contributed by atoms with Gasteiger partial charge in [0.05, 0.1) is 17.1 Å². The number of nitrogens with zero attached hydrogens (tertiary/aromatic N) is 1. The number of nitrogens with two attached hydrogens (primary N) is 1. The number of hydrogen-bond acceptors (Lipinski definition) is 4. The summed E-state index contributed by atoms with van der Waals surface area (Å²) in [6.07, 6.45) is 3.59. The molecule has 3 aromatic rings. The van der Waals surface area contributed by atoms with Crippen molar-refractivity contribution in [3.63, 3.8) is 0 Å². The van der Waals surface area contributed by atoms with Crippen LogP contribution in [-0.2, 0) is 9.59 Å². The van der Waals surface area contributed by atoms with E-state index >= 15 is 0 Å². The van der Waals surface area contributed by atoms with E-state index in [1.807, 2.05) is 25.1 Å². The molecule has 6 nitrogen and oxygen atoms in total. The molecule has 4 rings (SSSR count). The Morgan fingerprint density at radius 2 is 1.57 bits per heavy atom. The van der Waals surface area contributed by atoms with Crippen LogP contribution in [0.5, 0.6) is 0 Å². The standard InChI is InChI=1S/C29H34N4O2/c1-18(30)21-9-11-23(12-10-21)28-26(22-7-5-4-6-8-22)17-27(32-20(3)35)29(33-28)24-13-15-25(16-14-24)31-19(2)34/h4-12,17-18,24-25H,13-16,30H2,1-3H3,(H,31,34)(H,32,35)/t18-,24?,25?/m1/s1. The number of nitrogens with one attached hydrogen (secondary N) is 2. The summed E-state index contributed by atoms with van der Waals surface area (Å²) in [5.41, 5.74) is 12.7. The molecule has 182 valence electrons. The second-order valence-electron chi connectivity index (χ2n) is 9.52. The molecule has 0 aliphatic heterocycles. The van der Waals surface area contributed by atoms with Crippen molar-refractivity contribution in [1.82, 2.24) is 10.3 Å². The number of benzene rings is 2. The van der Waals surface area contributed by atoms with Gasteiger partial charge in [-0.1, -0.05) is 54.6 Å². The molecule has 0 unspecified atom stereocenters. The highest BCUT2D eigenvalue weighted by atomic mass is 16.2. The quantitative estimate of drug-likeness (QED) is 0.440. The molecule has 1 aliphatic rings. The van der Waals surface area contributed by atoms with E-state index in [1.165, 1.54) is 6.92 Å². The van der Waals surface area contributed by atoms with Crippen LogP contribution in [-0.4, -0.2) is 22.8 Å². The maximum Gasteiger partial charge on any atom is 0.221 e. The highest BCUT2D eigenvalue weighted by Gasteiger charge is 2.27. The van der Waals surface area contributed by atoms with Gasteiger partial charge in [-0.15, -0.1) is 0 Å². The molecule has 1 heterocycles. The molecule has 0 bridgehead atoms. The fourth-order valence-electron chi connectivity index (χ4n) is 4.93. The average Bonchev–Trinajstić information content (AvgIpc) is 2.84. The molecule has 35 heavy (non-hydrogen) atoms. The maximum absolute atomic E-state index is 12.1. The van der Waals surface area contributed by atoms with Crippen molar-refractivity contribution in [2.24, 2.45) is 5.73 Å². The third kappa shape index (κ3) is 5.95. The largest absolute Gasteiger partial charge is 0.354 e. The summed E-state index contributed by atoms with van der Waals surface area (Å²) in [5, 5.41) is 6.08. The van der Waals surface area contributed by atoms with Crippen LogP contribution in [0, 0.1) is 0 Å². The molecule has 1 aliphatic carbocycles. The van der Waals surface area contributed by atoms with E-state index in [2.05, 4.69) is 53.1 Å². The summed E-state index contributed by atoms with van der Waals surface area (Å²) in [6, 6.07) is 20.6. The summed E-state index contributed by atoms with van der Waals surface area (Å²) >= 11 is 0. The van der Waals surface area contributed by atoms with Crippen LogP contribution in [0.15, 0.2) is 60.7 Å². The first-order valence-electron chi connectivity index (χ1n) is 12.3. The number of rotatable bonds is 6. The lowest BCUT2D eigenvalue weighted by atomic mass is 9.82. The Bertz CT molecular complexity index is 1180. The van der Waals surface area contributed by atoms with Gasteiger partial charge in [0.25, 0.3) is 0 Å². The maximum atomic E-state index is 12.1. The van der Waals surface area contributed by atoms with Crippen LogP contribution in [0.2, 0.25) is 0 Å². The van der Waals surface area contributed by atoms with Gasteiger partial charge < -0.3 is 16.4 Å². The first kappa shape index (κ1) is 24.6. The fourth-order valence-corrected chi connectivity index (χ4v) is 4.93. The first-order valence-corrected chi connectivity index (χ1v) is 12.3. The van der Waals surface area contributed by atoms with Crippen molar-refractivity contribution >= 4 is 17.5 Å². The van der Waals surface area contributed by atoms with Gasteiger partial charge in [-0.25, -0.2) is 4.98 Å². The highest BCUT2D eigenvalue weighted by Crippen LogP contribution is 2.41. The molecule has 6 heteroatoms. The molecule has 1 aromatic heterocycles. The summed E-state index contributed by atoms with van der Waals surface area (Å²) in [5.74, 6) is 0.0945. The molecule has 1 fully saturated rings. The molecule has 2 amide bonds. The Hall–Kier alpha value is -3.51. The molecule has 0 saturated heterocycles. The third-order valence-electron chi connectivity index (χ3n) is 6.68. The van der Waals surface area contributed by atoms with Crippen LogP contribution < -0.4 is 16.4 Å². The first-order chi connectivity index (χ1) is 16.8. The number of hydrogen-bond donors (Lipinski definition) is 3. The summed E-state index contributed by atoms with van der Waals surface area (Å²) in [6.45, 7) is 5.06. The minimum absolute atomic E-state index is 0.00950. The molecule has 1 atom stereocenters. The Balaban J connectivity index is 1.80. The van der Waals surface area contributed by atoms with Gasteiger partial charge in [0, 0.05) is 43.0 Å². The predicted molar refractivity (Wildman–Crippen MR) is 141 cm³/mol. The van der Waals surface area contributed by atoms with Gasteiger partial charge in [0.15, 0.2) is 0 Å². The van der Waals surface area contributed by atoms with E-state index in [9.17, 15) is 9.59 Å². The number of amides is 2. The van der Waals surface area contributed by atoms with Crippen LogP contribution >= 0.6 is 0 Å². The van der Waals surface area contributed by atoms with Gasteiger partial charge >= 0.3 is 0 Å². The van der Waals surface area contributed by atoms with Gasteiger partial charge in [-0.2, -0.15) is 0 Å². The number of carbonyl (C=O) groups is 2. The van der Waals surface area contributed by atoms with Crippen molar-refractivity contribution in [2.75, 3.05) is 5.32 Å². The zero-order valence-corrected chi connectivity index (χ0v) is 20.7. The SMILES string of the molecule is CC(=O)Nc1cc(-c2ccccc2)c(-c2ccc([C@@H](C)N)cc2)nc1C1CCC(NC(C)=O)CC1. The molecule has 2 aromatic carbocycles. The number of pyridine rings is 1. The number of aromatic nitrogens is 1. The van der Waals surface area contributed by atoms with E-state index in [1.54, 1.807) is 6.92 Å². The van der Waals surface area contributed by atoms with Crippen molar-refractivity contribution in [3.8, 4) is 22.4 Å². The lowest BCUT2D eigenvalue weighted by Gasteiger charge is -2.30. The van der Waals surface area contributed by atoms with E-state index in [0.717, 1.165) is 65.0 Å². The molecular weight excluding hydrogens is 436 g/mol. The minimum atomic E-state index is -0.118. The van der Waals surface area contributed by atoms with Gasteiger partial charge in [-0.3, -0.25) is 9.59 Å². The Kier molecular flexibility index (Phi) is 7.61. The lowest BCUT2D eigenvalue weighted by molar-refractivity contribution is -0.120. The Morgan fingerprint density at radius 1 is 0.914 bits per heavy atom. The minimum Gasteiger partial charge on any atom is -0.354 e. The smallest absolute Gasteiger partial charge is 0.221 e. The van der Waals surface area contributed by atoms with Crippen molar-refractivity contribution in [1.29, 1.82) is 0 Å². The lowest BCUT2D eigenvalue weighted by Crippen LogP contribution is -2.36. The van der Waals surface area contributed by atoms with Gasteiger partial charge in [-0.05, 0) is 49.8 Å². The van der Waals surface area contributed by atoms with Crippen LogP contribution in [0.25, 0.3) is 22.4 Å². The molecule has 0 spiro atoms. The molecule has 1 saturated carbocycles. The van der Waals surface area contributed by atoms with E-state index in [4.69, 9.17) is 10.7 Å². The van der Waals surface area contributed by atoms with E-state index < -0.39 is 0 Å². The highest BCUT2D eigenvalue weighted by molar-refractivity contribution is 5.92. The van der Waals surface area contributed by atoms with Gasteiger partial charge in [0.2, 0.25) is 11.8 Å². The van der Waals surface area contributed by atoms with Gasteiger partial charge in [0.1, 0.15) is 0 Å². The molecule has 0 radical (unpaired) electrons. The predicted octanol–water partition coefficient (Wildman–Crippen LogP) is 5.56. The second kappa shape index (κ2) is 10.8. The van der Waals surface area contributed by atoms with Crippen LogP contribution in [0.1, 0.15) is 69.7 Å². The van der Waals surface area contributed by atoms with Crippen molar-refractivity contribution < 1.29 is 9.59 Å². The zero-order valence-electron chi connectivity index (χ0n) is 20.7. The van der Waals surface area contributed by atoms with E-state index in [0.29, 0.717) is 0 Å². The molecular formula is C29H34N4O2. The Labute approximate surface area is 207 Å². The second-order valence-corrected chi connectivity index (χ2v) is 9.52. The summed E-state index contributed by atoms with van der Waals surface area (Å²) < 4.78 is 0. The van der Waals surface area contributed by atoms with Crippen molar-refractivity contribution in [3.05, 3.63) is 71.9 Å². The average molecular weight is 471 g/mol. The topological polar surface area (TPSA) is 97.1 Å². The Morgan fingerprint density at radius 3 is 2.14 bits per heavy atom. The van der Waals surface area contributed by atoms with E-state index in [-0.39, 0.29) is 29.8 Å². The van der Waals surface area contributed by atoms with Crippen LogP contribution in [0.4, 0.5) is 5.69 Å². The summed E-state index contributed by atoms with van der Waals surface area (Å²) in [4.78, 5) is 28.9. The van der Waals surface area contributed by atoms with Crippen LogP contribution in [0.3, 0.4) is 0 Å². The zero-order chi connectivity index (χ0) is 24.9. The molecule has 4 N–H and O–H groups in total.